The second kappa shape index (κ2) is 11.6. The third kappa shape index (κ3) is 8.19. The van der Waals surface area contributed by atoms with E-state index >= 15 is 0 Å². The summed E-state index contributed by atoms with van der Waals surface area (Å²) in [6, 6.07) is 13.4. The van der Waals surface area contributed by atoms with E-state index in [1.165, 1.54) is 0 Å². The summed E-state index contributed by atoms with van der Waals surface area (Å²) in [7, 11) is 0. The van der Waals surface area contributed by atoms with Crippen LogP contribution in [0.3, 0.4) is 0 Å². The van der Waals surface area contributed by atoms with Crippen LogP contribution in [0.5, 0.6) is 5.75 Å². The normalized spacial score (nSPS) is 11.5. The van der Waals surface area contributed by atoms with Gasteiger partial charge in [-0.3, -0.25) is 4.79 Å². The molecule has 0 saturated heterocycles. The van der Waals surface area contributed by atoms with Gasteiger partial charge in [0.05, 0.1) is 19.1 Å². The number of nitrogens with two attached hydrogens (primary N) is 1. The lowest BCUT2D eigenvalue weighted by atomic mass is 10.0. The zero-order chi connectivity index (χ0) is 20.4. The Morgan fingerprint density at radius 1 is 1.07 bits per heavy atom. The number of carbonyl (C=O) groups excluding carboxylic acids is 2. The van der Waals surface area contributed by atoms with Crippen LogP contribution in [0.15, 0.2) is 53.0 Å². The Balaban J connectivity index is 1.69. The summed E-state index contributed by atoms with van der Waals surface area (Å²) in [6.45, 7) is 1.09. The second-order valence-corrected chi connectivity index (χ2v) is 7.53. The molecule has 2 aromatic rings. The van der Waals surface area contributed by atoms with Crippen LogP contribution in [-0.4, -0.2) is 25.1 Å². The van der Waals surface area contributed by atoms with Crippen molar-refractivity contribution in [3.63, 3.8) is 0 Å². The molecule has 0 fully saturated rings. The molecule has 0 aliphatic carbocycles. The number of rotatable bonds is 10. The van der Waals surface area contributed by atoms with E-state index in [0.717, 1.165) is 28.6 Å². The van der Waals surface area contributed by atoms with Gasteiger partial charge in [-0.1, -0.05) is 39.7 Å². The number of unbranched alkanes of at least 4 members (excludes halogenated alkanes) is 1. The van der Waals surface area contributed by atoms with E-state index in [0.29, 0.717) is 18.2 Å². The zero-order valence-corrected chi connectivity index (χ0v) is 17.6. The van der Waals surface area contributed by atoms with Crippen molar-refractivity contribution in [3.8, 4) is 5.75 Å². The van der Waals surface area contributed by atoms with E-state index in [1.807, 2.05) is 36.4 Å². The van der Waals surface area contributed by atoms with Gasteiger partial charge in [-0.2, -0.15) is 0 Å². The maximum Gasteiger partial charge on any atom is 0.312 e. The molecule has 0 bridgehead atoms. The monoisotopic (exact) mass is 467 g/mol. The molecule has 0 radical (unpaired) electrons. The van der Waals surface area contributed by atoms with Crippen molar-refractivity contribution in [2.24, 2.45) is 5.73 Å². The largest absolute Gasteiger partial charge is 0.494 e. The van der Waals surface area contributed by atoms with Gasteiger partial charge in [0.15, 0.2) is 0 Å². The number of benzene rings is 2. The zero-order valence-electron chi connectivity index (χ0n) is 15.3. The minimum Gasteiger partial charge on any atom is -0.494 e. The summed E-state index contributed by atoms with van der Waals surface area (Å²) in [5.74, 6) is 0.614. The van der Waals surface area contributed by atoms with Crippen LogP contribution in [0.25, 0.3) is 0 Å². The first kappa shape index (κ1) is 22.0. The highest BCUT2D eigenvalue weighted by Gasteiger charge is 2.17. The van der Waals surface area contributed by atoms with Crippen molar-refractivity contribution in [1.82, 2.24) is 10.6 Å². The second-order valence-electron chi connectivity index (χ2n) is 6.18. The van der Waals surface area contributed by atoms with Crippen molar-refractivity contribution in [2.75, 3.05) is 13.2 Å². The first-order valence-electron chi connectivity index (χ1n) is 8.90. The molecule has 0 saturated carbocycles. The van der Waals surface area contributed by atoms with Gasteiger partial charge in [0.1, 0.15) is 5.75 Å². The minimum absolute atomic E-state index is 0.117. The molecule has 3 amide bonds. The Morgan fingerprint density at radius 3 is 2.39 bits per heavy atom. The number of hydrogen-bond donors (Lipinski definition) is 3. The summed E-state index contributed by atoms with van der Waals surface area (Å²) >= 11 is 9.19. The van der Waals surface area contributed by atoms with Crippen LogP contribution in [-0.2, 0) is 4.79 Å². The molecule has 1 atom stereocenters. The number of amides is 3. The summed E-state index contributed by atoms with van der Waals surface area (Å²) in [6.07, 6.45) is 1.70. The van der Waals surface area contributed by atoms with E-state index in [9.17, 15) is 9.59 Å². The number of nitrogens with one attached hydrogen (secondary N) is 2. The molecule has 2 aromatic carbocycles. The molecule has 0 unspecified atom stereocenters. The predicted octanol–water partition coefficient (Wildman–Crippen LogP) is 4.18. The lowest BCUT2D eigenvalue weighted by molar-refractivity contribution is -0.121. The van der Waals surface area contributed by atoms with Gasteiger partial charge >= 0.3 is 6.03 Å². The van der Waals surface area contributed by atoms with E-state index < -0.39 is 12.1 Å². The van der Waals surface area contributed by atoms with Crippen LogP contribution < -0.4 is 21.1 Å². The van der Waals surface area contributed by atoms with Crippen LogP contribution in [0.4, 0.5) is 4.79 Å². The Labute approximate surface area is 177 Å². The number of primary amides is 1. The summed E-state index contributed by atoms with van der Waals surface area (Å²) in [5, 5.41) is 6.14. The molecular formula is C20H23BrClN3O3. The average molecular weight is 469 g/mol. The lowest BCUT2D eigenvalue weighted by Gasteiger charge is -2.18. The molecule has 150 valence electrons. The van der Waals surface area contributed by atoms with Crippen LogP contribution in [0, 0.1) is 0 Å². The maximum absolute atomic E-state index is 12.2. The van der Waals surface area contributed by atoms with Crippen molar-refractivity contribution >= 4 is 39.5 Å². The van der Waals surface area contributed by atoms with Crippen molar-refractivity contribution in [1.29, 1.82) is 0 Å². The predicted molar refractivity (Wildman–Crippen MR) is 113 cm³/mol. The number of carbonyl (C=O) groups is 2. The SMILES string of the molecule is NC(=O)N[C@H](CC(=O)NCCCCOc1ccc(Cl)cc1)c1ccc(Br)cc1. The molecular weight excluding hydrogens is 446 g/mol. The highest BCUT2D eigenvalue weighted by atomic mass is 79.9. The third-order valence-corrected chi connectivity index (χ3v) is 4.73. The number of hydrogen-bond acceptors (Lipinski definition) is 3. The van der Waals surface area contributed by atoms with Gasteiger partial charge in [-0.15, -0.1) is 0 Å². The van der Waals surface area contributed by atoms with Gasteiger partial charge in [0.2, 0.25) is 5.91 Å². The average Bonchev–Trinajstić information content (AvgIpc) is 2.65. The molecule has 0 aliphatic heterocycles. The quantitative estimate of drug-likeness (QED) is 0.457. The number of halogens is 2. The fourth-order valence-corrected chi connectivity index (χ4v) is 2.94. The Bertz CT molecular complexity index is 769. The highest BCUT2D eigenvalue weighted by molar-refractivity contribution is 9.10. The molecule has 8 heteroatoms. The standard InChI is InChI=1S/C20H23BrClN3O3/c21-15-5-3-14(4-6-15)18(25-20(23)27)13-19(26)24-11-1-2-12-28-17-9-7-16(22)8-10-17/h3-10,18H,1-2,11-13H2,(H,24,26)(H3,23,25,27)/t18-/m1/s1. The fraction of sp³-hybridized carbons (Fsp3) is 0.300. The van der Waals surface area contributed by atoms with Crippen LogP contribution >= 0.6 is 27.5 Å². The van der Waals surface area contributed by atoms with Gasteiger partial charge < -0.3 is 21.1 Å². The number of urea groups is 1. The maximum atomic E-state index is 12.2. The molecule has 4 N–H and O–H groups in total. The number of ether oxygens (including phenoxy) is 1. The van der Waals surface area contributed by atoms with Gasteiger partial charge in [-0.25, -0.2) is 4.79 Å². The summed E-state index contributed by atoms with van der Waals surface area (Å²) in [4.78, 5) is 23.5. The molecule has 6 nitrogen and oxygen atoms in total. The molecule has 0 heterocycles. The molecule has 2 rings (SSSR count). The smallest absolute Gasteiger partial charge is 0.312 e. The summed E-state index contributed by atoms with van der Waals surface area (Å²) in [5.41, 5.74) is 6.05. The van der Waals surface area contributed by atoms with Crippen LogP contribution in [0.1, 0.15) is 30.9 Å². The van der Waals surface area contributed by atoms with E-state index in [4.69, 9.17) is 22.1 Å². The van der Waals surface area contributed by atoms with Gasteiger partial charge in [-0.05, 0) is 54.8 Å². The summed E-state index contributed by atoms with van der Waals surface area (Å²) < 4.78 is 6.52. The Kier molecular flexibility index (Phi) is 9.10. The van der Waals surface area contributed by atoms with E-state index in [2.05, 4.69) is 26.6 Å². The highest BCUT2D eigenvalue weighted by Crippen LogP contribution is 2.20. The fourth-order valence-electron chi connectivity index (χ4n) is 2.55. The van der Waals surface area contributed by atoms with Crippen LogP contribution in [0.2, 0.25) is 5.02 Å². The molecule has 0 spiro atoms. The van der Waals surface area contributed by atoms with Gasteiger partial charge in [0.25, 0.3) is 0 Å². The van der Waals surface area contributed by atoms with Crippen molar-refractivity contribution in [3.05, 3.63) is 63.6 Å². The first-order chi connectivity index (χ1) is 13.4. The molecule has 28 heavy (non-hydrogen) atoms. The third-order valence-electron chi connectivity index (χ3n) is 3.95. The first-order valence-corrected chi connectivity index (χ1v) is 10.1. The van der Waals surface area contributed by atoms with E-state index in [1.54, 1.807) is 12.1 Å². The topological polar surface area (TPSA) is 93.5 Å². The lowest BCUT2D eigenvalue weighted by Crippen LogP contribution is -2.36. The van der Waals surface area contributed by atoms with Crippen molar-refractivity contribution in [2.45, 2.75) is 25.3 Å². The van der Waals surface area contributed by atoms with E-state index in [-0.39, 0.29) is 12.3 Å². The molecule has 0 aromatic heterocycles. The van der Waals surface area contributed by atoms with Crippen molar-refractivity contribution < 1.29 is 14.3 Å². The molecule has 0 aliphatic rings. The Morgan fingerprint density at radius 2 is 1.75 bits per heavy atom. The Hall–Kier alpha value is -2.25. The minimum atomic E-state index is -0.667. The van der Waals surface area contributed by atoms with Gasteiger partial charge in [0, 0.05) is 16.0 Å².